The quantitative estimate of drug-likeness (QED) is 0.546. The lowest BCUT2D eigenvalue weighted by molar-refractivity contribution is -0.118. The second-order valence-corrected chi connectivity index (χ2v) is 6.47. The van der Waals surface area contributed by atoms with Crippen molar-refractivity contribution < 1.29 is 30.0 Å². The van der Waals surface area contributed by atoms with Gasteiger partial charge in [-0.2, -0.15) is 21.6 Å². The lowest BCUT2D eigenvalue weighted by atomic mass is 10.2. The Morgan fingerprint density at radius 2 is 1.67 bits per heavy atom. The normalized spacial score (nSPS) is 20.6. The zero-order chi connectivity index (χ0) is 11.7. The van der Waals surface area contributed by atoms with Crippen molar-refractivity contribution in [1.29, 1.82) is 0 Å². The Bertz CT molecular complexity index is 338. The Labute approximate surface area is 87.5 Å². The molecule has 0 aromatic heterocycles. The van der Waals surface area contributed by atoms with Gasteiger partial charge in [-0.25, -0.2) is 0 Å². The molecule has 0 radical (unpaired) electrons. The van der Waals surface area contributed by atoms with Gasteiger partial charge in [-0.1, -0.05) is 0 Å². The monoisotopic (exact) mass is 265 g/mol. The number of halogens is 3. The van der Waals surface area contributed by atoms with Gasteiger partial charge in [-0.05, 0) is 3.63 Å². The Morgan fingerprint density at radius 3 is 2.07 bits per heavy atom. The van der Waals surface area contributed by atoms with Crippen LogP contribution in [0.4, 0.5) is 13.2 Å². The van der Waals surface area contributed by atoms with Crippen molar-refractivity contribution in [1.82, 2.24) is 0 Å². The van der Waals surface area contributed by atoms with Crippen LogP contribution in [0.1, 0.15) is 12.8 Å². The van der Waals surface area contributed by atoms with Crippen molar-refractivity contribution >= 4 is 27.1 Å². The van der Waals surface area contributed by atoms with Gasteiger partial charge in [0.25, 0.3) is 0 Å². The number of rotatable bonds is 2. The first kappa shape index (κ1) is 12.8. The minimum absolute atomic E-state index is 0.0497. The minimum Gasteiger partial charge on any atom is -0.299 e. The summed E-state index contributed by atoms with van der Waals surface area (Å²) in [5, 5.41) is 0. The van der Waals surface area contributed by atoms with Crippen LogP contribution in [0.3, 0.4) is 0 Å². The summed E-state index contributed by atoms with van der Waals surface area (Å²) in [4.78, 5) is 10.7. The third-order valence-electron chi connectivity index (χ3n) is 1.69. The highest BCUT2D eigenvalue weighted by Gasteiger charge is 2.52. The standard InChI is InChI=1S/C6H8F3O4S2/c7-6(8,9)15(11,12)13-14-3-1-5(10)2-4-14/h1-4H2/q+1. The molecule has 0 aromatic carbocycles. The molecule has 1 saturated heterocycles. The van der Waals surface area contributed by atoms with Crippen LogP contribution in [0.2, 0.25) is 0 Å². The van der Waals surface area contributed by atoms with Crippen molar-refractivity contribution in [2.24, 2.45) is 0 Å². The zero-order valence-electron chi connectivity index (χ0n) is 7.41. The van der Waals surface area contributed by atoms with E-state index in [1.807, 2.05) is 0 Å². The Morgan fingerprint density at radius 1 is 1.20 bits per heavy atom. The molecular formula is C6H8F3O4S2+. The van der Waals surface area contributed by atoms with Gasteiger partial charge in [0.1, 0.15) is 17.3 Å². The Kier molecular flexibility index (Phi) is 3.67. The van der Waals surface area contributed by atoms with E-state index >= 15 is 0 Å². The average molecular weight is 265 g/mol. The fourth-order valence-electron chi connectivity index (χ4n) is 0.916. The zero-order valence-corrected chi connectivity index (χ0v) is 9.04. The van der Waals surface area contributed by atoms with Crippen molar-refractivity contribution in [2.45, 2.75) is 18.3 Å². The third-order valence-corrected chi connectivity index (χ3v) is 5.06. The second-order valence-electron chi connectivity index (χ2n) is 2.85. The van der Waals surface area contributed by atoms with Gasteiger partial charge in [-0.3, -0.25) is 4.79 Å². The van der Waals surface area contributed by atoms with Crippen LogP contribution in [-0.2, 0) is 29.7 Å². The summed E-state index contributed by atoms with van der Waals surface area (Å²) >= 11 is -1.31. The fourth-order valence-corrected chi connectivity index (χ4v) is 3.90. The molecule has 0 N–H and O–H groups in total. The fraction of sp³-hybridized carbons (Fsp3) is 0.833. The van der Waals surface area contributed by atoms with Gasteiger partial charge in [0.15, 0.2) is 11.2 Å². The molecule has 0 saturated carbocycles. The molecule has 15 heavy (non-hydrogen) atoms. The molecule has 0 atom stereocenters. The topological polar surface area (TPSA) is 60.4 Å². The first-order valence-corrected chi connectivity index (χ1v) is 6.82. The first-order valence-electron chi connectivity index (χ1n) is 3.93. The summed E-state index contributed by atoms with van der Waals surface area (Å²) in [6.45, 7) is 0. The van der Waals surface area contributed by atoms with E-state index in [0.29, 0.717) is 0 Å². The molecule has 1 aliphatic rings. The molecule has 0 amide bonds. The summed E-state index contributed by atoms with van der Waals surface area (Å²) in [5.41, 5.74) is -5.39. The summed E-state index contributed by atoms with van der Waals surface area (Å²) in [6, 6.07) is 0. The summed E-state index contributed by atoms with van der Waals surface area (Å²) in [5.74, 6) is 0.0224. The largest absolute Gasteiger partial charge is 0.527 e. The van der Waals surface area contributed by atoms with Gasteiger partial charge in [0.2, 0.25) is 0 Å². The molecule has 1 aliphatic heterocycles. The molecule has 1 heterocycles. The van der Waals surface area contributed by atoms with Crippen molar-refractivity contribution in [2.75, 3.05) is 11.5 Å². The maximum absolute atomic E-state index is 11.9. The van der Waals surface area contributed by atoms with E-state index in [2.05, 4.69) is 3.63 Å². The summed E-state index contributed by atoms with van der Waals surface area (Å²) in [6.07, 6.45) is 0.160. The Hall–Kier alpha value is -0.280. The number of Topliss-reactive ketones (excluding diaryl/α,β-unsaturated/α-hetero) is 1. The molecule has 0 unspecified atom stereocenters. The third kappa shape index (κ3) is 3.35. The van der Waals surface area contributed by atoms with Crippen LogP contribution in [-0.4, -0.2) is 31.2 Å². The van der Waals surface area contributed by atoms with E-state index in [0.717, 1.165) is 0 Å². The number of hydrogen-bond acceptors (Lipinski definition) is 4. The van der Waals surface area contributed by atoms with Crippen molar-refractivity contribution in [3.05, 3.63) is 0 Å². The van der Waals surface area contributed by atoms with Crippen LogP contribution in [0.25, 0.3) is 0 Å². The van der Waals surface area contributed by atoms with E-state index in [4.69, 9.17) is 0 Å². The molecule has 0 spiro atoms. The van der Waals surface area contributed by atoms with Crippen LogP contribution in [0.15, 0.2) is 0 Å². The number of carbonyl (C=O) groups is 1. The lowest BCUT2D eigenvalue weighted by Gasteiger charge is -2.11. The SMILES string of the molecule is O=C1CC[S+](OS(=O)(=O)C(F)(F)F)CC1. The molecule has 1 fully saturated rings. The molecule has 1 rings (SSSR count). The smallest absolute Gasteiger partial charge is 0.299 e. The van der Waals surface area contributed by atoms with Gasteiger partial charge >= 0.3 is 15.6 Å². The van der Waals surface area contributed by atoms with Gasteiger partial charge in [0, 0.05) is 0 Å². The van der Waals surface area contributed by atoms with Crippen molar-refractivity contribution in [3.63, 3.8) is 0 Å². The highest BCUT2D eigenvalue weighted by atomic mass is 32.3. The number of alkyl halides is 3. The molecule has 0 aromatic rings. The molecular weight excluding hydrogens is 257 g/mol. The molecule has 0 aliphatic carbocycles. The number of hydrogen-bond donors (Lipinski definition) is 0. The van der Waals surface area contributed by atoms with Gasteiger partial charge < -0.3 is 0 Å². The van der Waals surface area contributed by atoms with Crippen molar-refractivity contribution in [3.8, 4) is 0 Å². The van der Waals surface area contributed by atoms with E-state index in [9.17, 15) is 26.4 Å². The molecule has 4 nitrogen and oxygen atoms in total. The van der Waals surface area contributed by atoms with E-state index in [1.165, 1.54) is 0 Å². The second kappa shape index (κ2) is 4.30. The highest BCUT2D eigenvalue weighted by Crippen LogP contribution is 2.28. The molecule has 88 valence electrons. The van der Waals surface area contributed by atoms with Crippen LogP contribution in [0.5, 0.6) is 0 Å². The maximum atomic E-state index is 11.9. The lowest BCUT2D eigenvalue weighted by Crippen LogP contribution is -2.33. The molecule has 0 bridgehead atoms. The van der Waals surface area contributed by atoms with E-state index in [-0.39, 0.29) is 30.1 Å². The Balaban J connectivity index is 2.60. The van der Waals surface area contributed by atoms with Gasteiger partial charge in [0.05, 0.1) is 12.8 Å². The number of ketones is 1. The highest BCUT2D eigenvalue weighted by molar-refractivity contribution is 8.03. The predicted molar refractivity (Wildman–Crippen MR) is 47.4 cm³/mol. The van der Waals surface area contributed by atoms with E-state index < -0.39 is 26.8 Å². The van der Waals surface area contributed by atoms with Crippen LogP contribution >= 0.6 is 0 Å². The minimum atomic E-state index is -5.51. The predicted octanol–water partition coefficient (Wildman–Crippen LogP) is 0.749. The van der Waals surface area contributed by atoms with Crippen LogP contribution in [0, 0.1) is 0 Å². The van der Waals surface area contributed by atoms with E-state index in [1.54, 1.807) is 0 Å². The number of carbonyl (C=O) groups excluding carboxylic acids is 1. The maximum Gasteiger partial charge on any atom is 0.527 e. The first-order chi connectivity index (χ1) is 6.72. The summed E-state index contributed by atoms with van der Waals surface area (Å²) in [7, 11) is -5.51. The van der Waals surface area contributed by atoms with Crippen LogP contribution < -0.4 is 0 Å². The van der Waals surface area contributed by atoms with Gasteiger partial charge in [-0.15, -0.1) is 0 Å². The summed E-state index contributed by atoms with van der Waals surface area (Å²) < 4.78 is 60.8. The average Bonchev–Trinajstić information content (AvgIpc) is 2.06. The molecule has 9 heteroatoms.